The lowest BCUT2D eigenvalue weighted by Gasteiger charge is -2.27. The van der Waals surface area contributed by atoms with Gasteiger partial charge < -0.3 is 4.90 Å². The summed E-state index contributed by atoms with van der Waals surface area (Å²) in [5.41, 5.74) is 8.29. The molecule has 2 aromatic carbocycles. The first kappa shape index (κ1) is 23.5. The molecule has 4 rings (SSSR count). The van der Waals surface area contributed by atoms with Crippen LogP contribution in [0.1, 0.15) is 71.9 Å². The van der Waals surface area contributed by atoms with E-state index in [0.717, 1.165) is 12.5 Å². The zero-order chi connectivity index (χ0) is 23.8. The van der Waals surface area contributed by atoms with E-state index in [-0.39, 0.29) is 10.8 Å². The molecule has 2 nitrogen and oxygen atoms in total. The van der Waals surface area contributed by atoms with E-state index in [1.165, 1.54) is 53.2 Å². The maximum atomic E-state index is 2.57. The minimum absolute atomic E-state index is 0.00368. The van der Waals surface area contributed by atoms with Gasteiger partial charge in [-0.25, -0.2) is 0 Å². The molecule has 0 saturated heterocycles. The second-order valence-electron chi connectivity index (χ2n) is 11.2. The maximum Gasteiger partial charge on any atom is 0.209 e. The molecular formula is C31H41N2+. The lowest BCUT2D eigenvalue weighted by molar-refractivity contribution is -0.401. The van der Waals surface area contributed by atoms with Crippen LogP contribution in [0.15, 0.2) is 72.5 Å². The molecule has 0 radical (unpaired) electrons. The number of para-hydroxylation sites is 2. The molecule has 33 heavy (non-hydrogen) atoms. The Balaban J connectivity index is 1.64. The molecule has 0 atom stereocenters. The van der Waals surface area contributed by atoms with Crippen molar-refractivity contribution in [3.8, 4) is 0 Å². The highest BCUT2D eigenvalue weighted by molar-refractivity contribution is 6.03. The third-order valence-electron chi connectivity index (χ3n) is 7.66. The molecule has 0 saturated carbocycles. The first-order chi connectivity index (χ1) is 15.7. The minimum atomic E-state index is 0.00368. The fourth-order valence-corrected chi connectivity index (χ4v) is 5.74. The van der Waals surface area contributed by atoms with Gasteiger partial charge in [0.15, 0.2) is 5.71 Å². The Morgan fingerprint density at radius 1 is 0.879 bits per heavy atom. The summed E-state index contributed by atoms with van der Waals surface area (Å²) in [6.45, 7) is 15.1. The Bertz CT molecular complexity index is 1110. The number of rotatable bonds is 7. The van der Waals surface area contributed by atoms with E-state index in [1.807, 2.05) is 0 Å². The number of unbranched alkanes of at least 4 members (excludes halogenated alkanes) is 1. The Morgan fingerprint density at radius 3 is 2.24 bits per heavy atom. The molecule has 2 heteroatoms. The third kappa shape index (κ3) is 4.21. The highest BCUT2D eigenvalue weighted by atomic mass is 15.2. The molecule has 0 spiro atoms. The molecule has 0 unspecified atom stereocenters. The molecule has 0 amide bonds. The molecule has 174 valence electrons. The highest BCUT2D eigenvalue weighted by Gasteiger charge is 2.43. The fraction of sp³-hybridized carbons (Fsp3) is 0.452. The SMILES string of the molecule is CC(C)CCCCN1/C(=C/C=C/C2=[N+](C)c3ccccc3C2(C)C)C(C)(C)c2ccccc21. The van der Waals surface area contributed by atoms with Gasteiger partial charge in [0.1, 0.15) is 7.05 Å². The lowest BCUT2D eigenvalue weighted by atomic mass is 9.81. The smallest absolute Gasteiger partial charge is 0.209 e. The minimum Gasteiger partial charge on any atom is -0.344 e. The Labute approximate surface area is 201 Å². The zero-order valence-electron chi connectivity index (χ0n) is 21.7. The summed E-state index contributed by atoms with van der Waals surface area (Å²) < 4.78 is 2.35. The van der Waals surface area contributed by atoms with Gasteiger partial charge in [0.25, 0.3) is 0 Å². The van der Waals surface area contributed by atoms with E-state index in [2.05, 4.69) is 125 Å². The van der Waals surface area contributed by atoms with Crippen LogP contribution in [0.2, 0.25) is 0 Å². The number of hydrogen-bond acceptors (Lipinski definition) is 1. The van der Waals surface area contributed by atoms with Gasteiger partial charge in [-0.05, 0) is 43.9 Å². The second-order valence-corrected chi connectivity index (χ2v) is 11.2. The molecule has 0 bridgehead atoms. The number of allylic oxidation sites excluding steroid dienone is 4. The third-order valence-corrected chi connectivity index (χ3v) is 7.66. The largest absolute Gasteiger partial charge is 0.344 e. The van der Waals surface area contributed by atoms with Gasteiger partial charge in [-0.2, -0.15) is 4.58 Å². The van der Waals surface area contributed by atoms with E-state index < -0.39 is 0 Å². The predicted molar refractivity (Wildman–Crippen MR) is 143 cm³/mol. The summed E-state index contributed by atoms with van der Waals surface area (Å²) in [5, 5.41) is 0. The normalized spacial score (nSPS) is 19.8. The van der Waals surface area contributed by atoms with Crippen molar-refractivity contribution in [2.75, 3.05) is 18.5 Å². The summed E-state index contributed by atoms with van der Waals surface area (Å²) in [4.78, 5) is 2.57. The summed E-state index contributed by atoms with van der Waals surface area (Å²) in [6, 6.07) is 17.7. The van der Waals surface area contributed by atoms with Crippen LogP contribution in [0.3, 0.4) is 0 Å². The lowest BCUT2D eigenvalue weighted by Crippen LogP contribution is -2.27. The Morgan fingerprint density at radius 2 is 1.55 bits per heavy atom. The van der Waals surface area contributed by atoms with Crippen LogP contribution in [-0.4, -0.2) is 23.9 Å². The van der Waals surface area contributed by atoms with Gasteiger partial charge in [-0.3, -0.25) is 0 Å². The first-order valence-electron chi connectivity index (χ1n) is 12.6. The monoisotopic (exact) mass is 441 g/mol. The highest BCUT2D eigenvalue weighted by Crippen LogP contribution is 2.47. The molecule has 0 fully saturated rings. The molecule has 2 aromatic rings. The molecule has 2 heterocycles. The van der Waals surface area contributed by atoms with Crippen LogP contribution in [0.4, 0.5) is 11.4 Å². The van der Waals surface area contributed by atoms with Crippen molar-refractivity contribution in [1.82, 2.24) is 0 Å². The predicted octanol–water partition coefficient (Wildman–Crippen LogP) is 7.76. The van der Waals surface area contributed by atoms with Crippen LogP contribution in [-0.2, 0) is 10.8 Å². The second kappa shape index (κ2) is 8.97. The van der Waals surface area contributed by atoms with Crippen molar-refractivity contribution in [2.45, 2.75) is 71.6 Å². The Kier molecular flexibility index (Phi) is 6.40. The topological polar surface area (TPSA) is 6.25 Å². The van der Waals surface area contributed by atoms with Gasteiger partial charge in [-0.15, -0.1) is 0 Å². The molecular weight excluding hydrogens is 400 g/mol. The summed E-state index contributed by atoms with van der Waals surface area (Å²) in [5.74, 6) is 0.776. The van der Waals surface area contributed by atoms with Crippen LogP contribution in [0.5, 0.6) is 0 Å². The van der Waals surface area contributed by atoms with Crippen molar-refractivity contribution < 1.29 is 4.58 Å². The van der Waals surface area contributed by atoms with Gasteiger partial charge in [0.2, 0.25) is 5.69 Å². The summed E-state index contributed by atoms with van der Waals surface area (Å²) in [7, 11) is 2.19. The average molecular weight is 442 g/mol. The van der Waals surface area contributed by atoms with Crippen LogP contribution in [0, 0.1) is 5.92 Å². The van der Waals surface area contributed by atoms with Crippen molar-refractivity contribution in [1.29, 1.82) is 0 Å². The molecule has 2 aliphatic heterocycles. The maximum absolute atomic E-state index is 2.57. The molecule has 0 N–H and O–H groups in total. The number of anilines is 1. The van der Waals surface area contributed by atoms with E-state index in [4.69, 9.17) is 0 Å². The number of fused-ring (bicyclic) bond motifs is 2. The number of hydrogen-bond donors (Lipinski definition) is 0. The van der Waals surface area contributed by atoms with E-state index in [9.17, 15) is 0 Å². The summed E-state index contributed by atoms with van der Waals surface area (Å²) in [6.07, 6.45) is 10.8. The van der Waals surface area contributed by atoms with Crippen LogP contribution >= 0.6 is 0 Å². The summed E-state index contributed by atoms with van der Waals surface area (Å²) >= 11 is 0. The standard InChI is InChI=1S/C31H41N2/c1-23(2)15-12-13-22-33-27-19-11-9-17-25(27)31(5,6)29(33)21-14-20-28-30(3,4)24-16-8-10-18-26(24)32(28)7/h8-11,14,16-21,23H,12-13,15,22H2,1-7H3/q+1. The van der Waals surface area contributed by atoms with Crippen molar-refractivity contribution in [3.05, 3.63) is 83.6 Å². The number of benzene rings is 2. The Hall–Kier alpha value is -2.61. The fourth-order valence-electron chi connectivity index (χ4n) is 5.74. The van der Waals surface area contributed by atoms with E-state index >= 15 is 0 Å². The molecule has 2 aliphatic rings. The van der Waals surface area contributed by atoms with Crippen molar-refractivity contribution in [3.63, 3.8) is 0 Å². The first-order valence-corrected chi connectivity index (χ1v) is 12.6. The van der Waals surface area contributed by atoms with E-state index in [0.29, 0.717) is 0 Å². The van der Waals surface area contributed by atoms with Gasteiger partial charge in [0.05, 0.1) is 5.41 Å². The van der Waals surface area contributed by atoms with E-state index in [1.54, 1.807) is 0 Å². The van der Waals surface area contributed by atoms with Crippen molar-refractivity contribution >= 4 is 17.1 Å². The van der Waals surface area contributed by atoms with Gasteiger partial charge in [0, 0.05) is 41.1 Å². The molecule has 0 aliphatic carbocycles. The zero-order valence-corrected chi connectivity index (χ0v) is 21.7. The van der Waals surface area contributed by atoms with Crippen LogP contribution < -0.4 is 4.90 Å². The average Bonchev–Trinajstić information content (AvgIpc) is 3.11. The van der Waals surface area contributed by atoms with Gasteiger partial charge >= 0.3 is 0 Å². The molecule has 0 aromatic heterocycles. The van der Waals surface area contributed by atoms with Crippen molar-refractivity contribution in [2.24, 2.45) is 5.92 Å². The van der Waals surface area contributed by atoms with Crippen LogP contribution in [0.25, 0.3) is 0 Å². The number of nitrogens with zero attached hydrogens (tertiary/aromatic N) is 2. The van der Waals surface area contributed by atoms with Gasteiger partial charge in [-0.1, -0.05) is 83.0 Å². The quantitative estimate of drug-likeness (QED) is 0.314.